The summed E-state index contributed by atoms with van der Waals surface area (Å²) in [5.41, 5.74) is 2.49. The van der Waals surface area contributed by atoms with Crippen LogP contribution < -0.4 is 0 Å². The van der Waals surface area contributed by atoms with E-state index in [2.05, 4.69) is 0 Å². The molecular weight excluding hydrogens is 334 g/mol. The molecule has 0 atom stereocenters. The molecule has 0 amide bonds. The highest BCUT2D eigenvalue weighted by atomic mass is 35.5. The predicted octanol–water partition coefficient (Wildman–Crippen LogP) is 3.87. The molecule has 0 N–H and O–H groups in total. The first-order valence-electron chi connectivity index (χ1n) is 6.94. The van der Waals surface area contributed by atoms with Crippen LogP contribution in [0.4, 0.5) is 0 Å². The van der Waals surface area contributed by atoms with E-state index in [9.17, 15) is 13.2 Å². The molecule has 6 heteroatoms. The maximum Gasteiger partial charge on any atom is 0.268 e. The molecule has 23 heavy (non-hydrogen) atoms. The largest absolute Gasteiger partial charge is 0.276 e. The van der Waals surface area contributed by atoms with Crippen LogP contribution in [0.1, 0.15) is 21.5 Å². The average Bonchev–Trinajstić information content (AvgIpc) is 2.85. The lowest BCUT2D eigenvalue weighted by Gasteiger charge is -2.08. The zero-order valence-corrected chi connectivity index (χ0v) is 14.1. The van der Waals surface area contributed by atoms with Crippen LogP contribution >= 0.6 is 11.6 Å². The van der Waals surface area contributed by atoms with Gasteiger partial charge in [0.1, 0.15) is 0 Å². The van der Waals surface area contributed by atoms with Crippen molar-refractivity contribution in [2.75, 3.05) is 0 Å². The van der Waals surface area contributed by atoms with Gasteiger partial charge >= 0.3 is 0 Å². The lowest BCUT2D eigenvalue weighted by atomic mass is 10.1. The molecule has 2 aromatic carbocycles. The number of hydrogen-bond donors (Lipinski definition) is 0. The van der Waals surface area contributed by atoms with E-state index in [1.54, 1.807) is 42.6 Å². The summed E-state index contributed by atoms with van der Waals surface area (Å²) in [6, 6.07) is 11.4. The maximum absolute atomic E-state index is 12.9. The Bertz CT molecular complexity index is 1020. The van der Waals surface area contributed by atoms with Crippen LogP contribution in [-0.2, 0) is 10.0 Å². The molecule has 0 aliphatic heterocycles. The first-order chi connectivity index (χ1) is 10.8. The number of aromatic nitrogens is 1. The highest BCUT2D eigenvalue weighted by molar-refractivity contribution is 7.90. The molecule has 0 radical (unpaired) electrons. The number of benzene rings is 2. The van der Waals surface area contributed by atoms with Crippen molar-refractivity contribution in [3.05, 3.63) is 65.4 Å². The van der Waals surface area contributed by atoms with Gasteiger partial charge in [0.25, 0.3) is 15.3 Å². The average molecular weight is 348 g/mol. The first-order valence-corrected chi connectivity index (χ1v) is 8.76. The molecule has 3 aromatic rings. The molecule has 1 aromatic heterocycles. The Kier molecular flexibility index (Phi) is 3.78. The molecule has 0 saturated carbocycles. The second kappa shape index (κ2) is 5.51. The fourth-order valence-electron chi connectivity index (χ4n) is 2.51. The molecule has 0 aliphatic carbocycles. The van der Waals surface area contributed by atoms with Crippen molar-refractivity contribution in [1.82, 2.24) is 3.97 Å². The summed E-state index contributed by atoms with van der Waals surface area (Å²) in [7, 11) is -3.74. The van der Waals surface area contributed by atoms with Crippen LogP contribution in [0.5, 0.6) is 0 Å². The molecule has 3 rings (SSSR count). The van der Waals surface area contributed by atoms with Gasteiger partial charge in [-0.2, -0.15) is 0 Å². The van der Waals surface area contributed by atoms with Crippen LogP contribution in [-0.4, -0.2) is 17.6 Å². The zero-order valence-electron chi connectivity index (χ0n) is 12.6. The smallest absolute Gasteiger partial charge is 0.268 e. The Balaban J connectivity index is 2.28. The van der Waals surface area contributed by atoms with Crippen molar-refractivity contribution in [2.45, 2.75) is 18.7 Å². The van der Waals surface area contributed by atoms with E-state index in [0.29, 0.717) is 5.52 Å². The van der Waals surface area contributed by atoms with Gasteiger partial charge in [-0.15, -0.1) is 0 Å². The lowest BCUT2D eigenvalue weighted by molar-refractivity contribution is 0.108. The number of nitrogens with zero attached hydrogens (tertiary/aromatic N) is 1. The van der Waals surface area contributed by atoms with Gasteiger partial charge in [0.15, 0.2) is 0 Å². The van der Waals surface area contributed by atoms with Gasteiger partial charge in [0.2, 0.25) is 0 Å². The number of aryl methyl sites for hydroxylation is 2. The van der Waals surface area contributed by atoms with E-state index in [0.717, 1.165) is 16.5 Å². The summed E-state index contributed by atoms with van der Waals surface area (Å²) in [6.07, 6.45) is 1.56. The number of halogens is 1. The standard InChI is InChI=1S/C17H14ClNO3S/c1-11-3-6-14(7-4-11)23(21,22)19-10-12(2)15-8-5-13(17(18)20)9-16(15)19/h3-10H,1-2H3. The van der Waals surface area contributed by atoms with Crippen LogP contribution in [0.2, 0.25) is 0 Å². The van der Waals surface area contributed by atoms with Crippen molar-refractivity contribution < 1.29 is 13.2 Å². The molecule has 4 nitrogen and oxygen atoms in total. The van der Waals surface area contributed by atoms with E-state index in [-0.39, 0.29) is 10.5 Å². The third kappa shape index (κ3) is 2.66. The Morgan fingerprint density at radius 1 is 1.04 bits per heavy atom. The van der Waals surface area contributed by atoms with Gasteiger partial charge in [0, 0.05) is 17.1 Å². The van der Waals surface area contributed by atoms with Crippen molar-refractivity contribution in [3.8, 4) is 0 Å². The van der Waals surface area contributed by atoms with Crippen molar-refractivity contribution >= 4 is 37.8 Å². The van der Waals surface area contributed by atoms with Gasteiger partial charge < -0.3 is 0 Å². The maximum atomic E-state index is 12.9. The fraction of sp³-hybridized carbons (Fsp3) is 0.118. The molecular formula is C17H14ClNO3S. The monoisotopic (exact) mass is 347 g/mol. The first kappa shape index (κ1) is 15.8. The Morgan fingerprint density at radius 2 is 1.70 bits per heavy atom. The van der Waals surface area contributed by atoms with Crippen molar-refractivity contribution in [2.24, 2.45) is 0 Å². The Morgan fingerprint density at radius 3 is 2.30 bits per heavy atom. The van der Waals surface area contributed by atoms with Gasteiger partial charge in [-0.1, -0.05) is 23.8 Å². The van der Waals surface area contributed by atoms with Gasteiger partial charge in [-0.3, -0.25) is 4.79 Å². The Hall–Kier alpha value is -2.11. The van der Waals surface area contributed by atoms with Crippen molar-refractivity contribution in [3.63, 3.8) is 0 Å². The number of rotatable bonds is 3. The molecule has 0 spiro atoms. The number of fused-ring (bicyclic) bond motifs is 1. The number of hydrogen-bond acceptors (Lipinski definition) is 3. The van der Waals surface area contributed by atoms with Crippen LogP contribution in [0.15, 0.2) is 53.6 Å². The zero-order chi connectivity index (χ0) is 16.8. The topological polar surface area (TPSA) is 56.1 Å². The van der Waals surface area contributed by atoms with Crippen LogP contribution in [0, 0.1) is 13.8 Å². The summed E-state index contributed by atoms with van der Waals surface area (Å²) in [5, 5.41) is 0.146. The minimum absolute atomic E-state index is 0.197. The van der Waals surface area contributed by atoms with Crippen LogP contribution in [0.3, 0.4) is 0 Å². The van der Waals surface area contributed by atoms with Crippen LogP contribution in [0.25, 0.3) is 10.9 Å². The fourth-order valence-corrected chi connectivity index (χ4v) is 4.04. The van der Waals surface area contributed by atoms with Gasteiger partial charge in [-0.25, -0.2) is 12.4 Å². The summed E-state index contributed by atoms with van der Waals surface area (Å²) in [6.45, 7) is 3.72. The minimum Gasteiger partial charge on any atom is -0.276 e. The van der Waals surface area contributed by atoms with Gasteiger partial charge in [-0.05, 0) is 55.3 Å². The molecule has 0 unspecified atom stereocenters. The number of carbonyl (C=O) groups excluding carboxylic acids is 1. The predicted molar refractivity (Wildman–Crippen MR) is 90.6 cm³/mol. The summed E-state index contributed by atoms with van der Waals surface area (Å²) in [5.74, 6) is 0. The molecule has 118 valence electrons. The second-order valence-electron chi connectivity index (χ2n) is 5.43. The summed E-state index contributed by atoms with van der Waals surface area (Å²) >= 11 is 5.51. The molecule has 0 saturated heterocycles. The van der Waals surface area contributed by atoms with E-state index in [4.69, 9.17) is 11.6 Å². The summed E-state index contributed by atoms with van der Waals surface area (Å²) < 4.78 is 27.0. The quantitative estimate of drug-likeness (QED) is 0.676. The number of carbonyl (C=O) groups is 1. The van der Waals surface area contributed by atoms with E-state index in [1.165, 1.54) is 10.0 Å². The van der Waals surface area contributed by atoms with Gasteiger partial charge in [0.05, 0.1) is 10.4 Å². The molecule has 0 aliphatic rings. The molecule has 1 heterocycles. The minimum atomic E-state index is -3.74. The van der Waals surface area contributed by atoms with E-state index >= 15 is 0 Å². The Labute approximate surface area is 139 Å². The summed E-state index contributed by atoms with van der Waals surface area (Å²) in [4.78, 5) is 11.6. The third-order valence-corrected chi connectivity index (χ3v) is 5.68. The normalized spacial score (nSPS) is 11.8. The van der Waals surface area contributed by atoms with E-state index in [1.807, 2.05) is 13.8 Å². The SMILES string of the molecule is Cc1ccc(S(=O)(=O)n2cc(C)c3ccc(C(=O)Cl)cc32)cc1. The lowest BCUT2D eigenvalue weighted by Crippen LogP contribution is -2.12. The third-order valence-electron chi connectivity index (χ3n) is 3.78. The second-order valence-corrected chi connectivity index (χ2v) is 7.59. The highest BCUT2D eigenvalue weighted by Crippen LogP contribution is 2.27. The van der Waals surface area contributed by atoms with Crippen molar-refractivity contribution in [1.29, 1.82) is 0 Å². The molecule has 0 bridgehead atoms. The molecule has 0 fully saturated rings. The highest BCUT2D eigenvalue weighted by Gasteiger charge is 2.21. The van der Waals surface area contributed by atoms with E-state index < -0.39 is 15.3 Å².